The molecule has 3 nitrogen and oxygen atoms in total. The highest BCUT2D eigenvalue weighted by molar-refractivity contribution is 7.90. The maximum absolute atomic E-state index is 13.4. The molecule has 90 valence electrons. The number of halogens is 2. The van der Waals surface area contributed by atoms with E-state index in [0.29, 0.717) is 19.4 Å². The van der Waals surface area contributed by atoms with Gasteiger partial charge in [0, 0.05) is 6.26 Å². The molecular weight excluding hydrogens is 236 g/mol. The van der Waals surface area contributed by atoms with E-state index in [2.05, 4.69) is 0 Å². The van der Waals surface area contributed by atoms with Crippen LogP contribution in [0.3, 0.4) is 0 Å². The van der Waals surface area contributed by atoms with Crippen molar-refractivity contribution in [1.29, 1.82) is 0 Å². The fraction of sp³-hybridized carbons (Fsp3) is 0.400. The Morgan fingerprint density at radius 2 is 1.88 bits per heavy atom. The van der Waals surface area contributed by atoms with Gasteiger partial charge in [-0.15, -0.1) is 0 Å². The van der Waals surface area contributed by atoms with Crippen LogP contribution < -0.4 is 5.73 Å². The highest BCUT2D eigenvalue weighted by Crippen LogP contribution is 2.21. The summed E-state index contributed by atoms with van der Waals surface area (Å²) in [6.07, 6.45) is 1.66. The first-order valence-corrected chi connectivity index (χ1v) is 6.64. The molecular formula is C10H13F2NO2S. The van der Waals surface area contributed by atoms with Gasteiger partial charge in [0.25, 0.3) is 0 Å². The Morgan fingerprint density at radius 3 is 2.38 bits per heavy atom. The Labute approximate surface area is 93.2 Å². The average molecular weight is 249 g/mol. The lowest BCUT2D eigenvalue weighted by atomic mass is 10.1. The Bertz CT molecular complexity index is 486. The molecule has 2 N–H and O–H groups in total. The maximum atomic E-state index is 13.4. The van der Waals surface area contributed by atoms with Crippen LogP contribution in [0.4, 0.5) is 8.78 Å². The summed E-state index contributed by atoms with van der Waals surface area (Å²) >= 11 is 0. The topological polar surface area (TPSA) is 60.2 Å². The molecule has 0 aliphatic heterocycles. The third-order valence-electron chi connectivity index (χ3n) is 2.18. The zero-order chi connectivity index (χ0) is 12.3. The van der Waals surface area contributed by atoms with Crippen LogP contribution in [0.15, 0.2) is 17.0 Å². The van der Waals surface area contributed by atoms with Gasteiger partial charge in [-0.3, -0.25) is 0 Å². The van der Waals surface area contributed by atoms with E-state index >= 15 is 0 Å². The summed E-state index contributed by atoms with van der Waals surface area (Å²) in [6, 6.07) is 2.37. The SMILES string of the molecule is CS(=O)(=O)c1ccc(CCCN)c(F)c1F. The second-order valence-electron chi connectivity index (χ2n) is 3.52. The summed E-state index contributed by atoms with van der Waals surface area (Å²) in [5, 5.41) is 0. The van der Waals surface area contributed by atoms with Crippen molar-refractivity contribution in [2.45, 2.75) is 17.7 Å². The van der Waals surface area contributed by atoms with Crippen LogP contribution >= 0.6 is 0 Å². The van der Waals surface area contributed by atoms with Crippen molar-refractivity contribution in [3.8, 4) is 0 Å². The summed E-state index contributed by atoms with van der Waals surface area (Å²) in [7, 11) is -3.73. The van der Waals surface area contributed by atoms with E-state index in [1.807, 2.05) is 0 Å². The minimum atomic E-state index is -3.73. The molecule has 0 saturated heterocycles. The first-order valence-electron chi connectivity index (χ1n) is 4.75. The summed E-state index contributed by atoms with van der Waals surface area (Å²) in [6.45, 7) is 0.370. The van der Waals surface area contributed by atoms with Crippen molar-refractivity contribution in [3.63, 3.8) is 0 Å². The second kappa shape index (κ2) is 4.88. The van der Waals surface area contributed by atoms with E-state index in [1.165, 1.54) is 6.07 Å². The molecule has 0 heterocycles. The normalized spacial score (nSPS) is 11.8. The number of hydrogen-bond donors (Lipinski definition) is 1. The van der Waals surface area contributed by atoms with Gasteiger partial charge in [-0.2, -0.15) is 0 Å². The molecule has 0 amide bonds. The highest BCUT2D eigenvalue weighted by atomic mass is 32.2. The molecule has 6 heteroatoms. The van der Waals surface area contributed by atoms with E-state index < -0.39 is 26.4 Å². The first-order chi connectivity index (χ1) is 7.38. The number of benzene rings is 1. The van der Waals surface area contributed by atoms with E-state index in [4.69, 9.17) is 5.73 Å². The predicted octanol–water partition coefficient (Wildman–Crippen LogP) is 1.26. The van der Waals surface area contributed by atoms with Gasteiger partial charge in [-0.05, 0) is 31.0 Å². The molecule has 1 aromatic rings. The van der Waals surface area contributed by atoms with Crippen molar-refractivity contribution in [2.75, 3.05) is 12.8 Å². The van der Waals surface area contributed by atoms with Crippen molar-refractivity contribution < 1.29 is 17.2 Å². The van der Waals surface area contributed by atoms with Crippen LogP contribution in [0.5, 0.6) is 0 Å². The molecule has 0 unspecified atom stereocenters. The maximum Gasteiger partial charge on any atom is 0.178 e. The van der Waals surface area contributed by atoms with Gasteiger partial charge in [0.1, 0.15) is 4.90 Å². The number of rotatable bonds is 4. The van der Waals surface area contributed by atoms with Gasteiger partial charge < -0.3 is 5.73 Å². The van der Waals surface area contributed by atoms with E-state index in [-0.39, 0.29) is 5.56 Å². The molecule has 0 bridgehead atoms. The lowest BCUT2D eigenvalue weighted by Crippen LogP contribution is -2.07. The van der Waals surface area contributed by atoms with Crippen molar-refractivity contribution in [3.05, 3.63) is 29.3 Å². The molecule has 16 heavy (non-hydrogen) atoms. The molecule has 0 fully saturated rings. The molecule has 1 rings (SSSR count). The summed E-state index contributed by atoms with van der Waals surface area (Å²) < 4.78 is 49.0. The minimum absolute atomic E-state index is 0.148. The number of sulfone groups is 1. The Hall–Kier alpha value is -1.01. The molecule has 0 aliphatic rings. The Kier molecular flexibility index (Phi) is 3.98. The van der Waals surface area contributed by atoms with Gasteiger partial charge in [0.05, 0.1) is 0 Å². The van der Waals surface area contributed by atoms with Crippen molar-refractivity contribution in [1.82, 2.24) is 0 Å². The highest BCUT2D eigenvalue weighted by Gasteiger charge is 2.19. The Balaban J connectivity index is 3.19. The van der Waals surface area contributed by atoms with Gasteiger partial charge in [-0.25, -0.2) is 17.2 Å². The molecule has 0 spiro atoms. The molecule has 0 radical (unpaired) electrons. The lowest BCUT2D eigenvalue weighted by molar-refractivity contribution is 0.476. The largest absolute Gasteiger partial charge is 0.330 e. The van der Waals surface area contributed by atoms with E-state index in [9.17, 15) is 17.2 Å². The predicted molar refractivity (Wildman–Crippen MR) is 56.8 cm³/mol. The number of nitrogens with two attached hydrogens (primary N) is 1. The average Bonchev–Trinajstić information content (AvgIpc) is 2.18. The third-order valence-corrected chi connectivity index (χ3v) is 3.29. The number of aryl methyl sites for hydroxylation is 1. The molecule has 0 aliphatic carbocycles. The quantitative estimate of drug-likeness (QED) is 0.874. The van der Waals surface area contributed by atoms with E-state index in [0.717, 1.165) is 12.3 Å². The van der Waals surface area contributed by atoms with Gasteiger partial charge >= 0.3 is 0 Å². The lowest BCUT2D eigenvalue weighted by Gasteiger charge is -2.06. The van der Waals surface area contributed by atoms with Gasteiger partial charge in [0.15, 0.2) is 21.5 Å². The third kappa shape index (κ3) is 2.76. The van der Waals surface area contributed by atoms with Crippen LogP contribution in [-0.2, 0) is 16.3 Å². The van der Waals surface area contributed by atoms with Crippen LogP contribution in [0.2, 0.25) is 0 Å². The van der Waals surface area contributed by atoms with Gasteiger partial charge in [-0.1, -0.05) is 6.07 Å². The zero-order valence-corrected chi connectivity index (χ0v) is 9.65. The smallest absolute Gasteiger partial charge is 0.178 e. The standard InChI is InChI=1S/C10H13F2NO2S/c1-16(14,15)8-5-4-7(3-2-6-13)9(11)10(8)12/h4-5H,2-3,6,13H2,1H3. The van der Waals surface area contributed by atoms with Gasteiger partial charge in [0.2, 0.25) is 0 Å². The summed E-state index contributed by atoms with van der Waals surface area (Å²) in [5.74, 6) is -2.41. The van der Waals surface area contributed by atoms with E-state index in [1.54, 1.807) is 0 Å². The molecule has 0 aromatic heterocycles. The fourth-order valence-corrected chi connectivity index (χ4v) is 2.07. The van der Waals surface area contributed by atoms with Crippen LogP contribution in [0.25, 0.3) is 0 Å². The monoisotopic (exact) mass is 249 g/mol. The zero-order valence-electron chi connectivity index (χ0n) is 8.83. The molecule has 0 atom stereocenters. The summed E-state index contributed by atoms with van der Waals surface area (Å²) in [4.78, 5) is -0.610. The van der Waals surface area contributed by atoms with Crippen LogP contribution in [-0.4, -0.2) is 21.2 Å². The minimum Gasteiger partial charge on any atom is -0.330 e. The van der Waals surface area contributed by atoms with Crippen molar-refractivity contribution in [2.24, 2.45) is 5.73 Å². The first kappa shape index (κ1) is 13.1. The number of hydrogen-bond acceptors (Lipinski definition) is 3. The van der Waals surface area contributed by atoms with Crippen molar-refractivity contribution >= 4 is 9.84 Å². The van der Waals surface area contributed by atoms with Crippen LogP contribution in [0.1, 0.15) is 12.0 Å². The fourth-order valence-electron chi connectivity index (χ4n) is 1.34. The second-order valence-corrected chi connectivity index (χ2v) is 5.50. The molecule has 0 saturated carbocycles. The van der Waals surface area contributed by atoms with Crippen LogP contribution in [0, 0.1) is 11.6 Å². The Morgan fingerprint density at radius 1 is 1.25 bits per heavy atom. The summed E-state index contributed by atoms with van der Waals surface area (Å²) in [5.41, 5.74) is 5.40. The molecule has 1 aromatic carbocycles.